The Kier molecular flexibility index (Phi) is 11.2. The number of carboxylic acid groups (broad SMARTS) is 2. The second-order valence-corrected chi connectivity index (χ2v) is 10.6. The molecule has 4 N–H and O–H groups in total. The van der Waals surface area contributed by atoms with Crippen LogP contribution in [0.25, 0.3) is 5.69 Å². The summed E-state index contributed by atoms with van der Waals surface area (Å²) < 4.78 is 45.8. The number of nitrogens with zero attached hydrogens (tertiary/aromatic N) is 5. The molecule has 2 atom stereocenters. The largest absolute Gasteiger partial charge is 0.481 e. The molecule has 1 aromatic heterocycles. The van der Waals surface area contributed by atoms with E-state index < -0.39 is 79.6 Å². The number of piperazine rings is 1. The minimum absolute atomic E-state index is 0.00910. The van der Waals surface area contributed by atoms with Crippen LogP contribution in [0.5, 0.6) is 5.88 Å². The second-order valence-electron chi connectivity index (χ2n) is 10.6. The number of carbonyl (C=O) groups excluding carboxylic acids is 4. The van der Waals surface area contributed by atoms with Crippen LogP contribution in [0.4, 0.5) is 18.0 Å². The molecule has 1 aromatic carbocycles. The number of nitrogens with one attached hydrogen (secondary N) is 2. The standard InChI is InChI=1S/C28H32F3N7O9/c29-16-3-1-4-17(11-16)38-23(47-15-22(39)37-6-2-5-20(37)26(43)32-14-21(30)31)12-18(34-38)25(42)33-19(13-24(40)41)27(44)35-7-9-36(10-8-35)28(45)46/h1,3-4,11-12,19-21H,2,5-10,13-15H2,(H,32,43)(H,33,42)(H,40,41)(H,45,46). The molecule has 254 valence electrons. The van der Waals surface area contributed by atoms with Crippen LogP contribution in [-0.4, -0.2) is 135 Å². The Bertz CT molecular complexity index is 1510. The van der Waals surface area contributed by atoms with E-state index in [0.29, 0.717) is 6.42 Å². The molecule has 0 saturated carbocycles. The van der Waals surface area contributed by atoms with Crippen molar-refractivity contribution in [3.8, 4) is 11.6 Å². The number of benzene rings is 1. The molecule has 2 unspecified atom stereocenters. The Morgan fingerprint density at radius 1 is 1.00 bits per heavy atom. The smallest absolute Gasteiger partial charge is 0.407 e. The third kappa shape index (κ3) is 8.88. The van der Waals surface area contributed by atoms with Gasteiger partial charge in [0.2, 0.25) is 17.7 Å². The zero-order valence-corrected chi connectivity index (χ0v) is 24.8. The van der Waals surface area contributed by atoms with Crippen LogP contribution in [-0.2, 0) is 19.2 Å². The molecule has 2 aliphatic heterocycles. The fourth-order valence-corrected chi connectivity index (χ4v) is 5.17. The number of carboxylic acids is 1. The maximum Gasteiger partial charge on any atom is 0.407 e. The van der Waals surface area contributed by atoms with Gasteiger partial charge in [0.15, 0.2) is 12.3 Å². The molecule has 0 bridgehead atoms. The highest BCUT2D eigenvalue weighted by atomic mass is 19.3. The van der Waals surface area contributed by atoms with Crippen molar-refractivity contribution in [2.45, 2.75) is 37.8 Å². The lowest BCUT2D eigenvalue weighted by Gasteiger charge is -2.35. The Morgan fingerprint density at radius 2 is 1.70 bits per heavy atom. The summed E-state index contributed by atoms with van der Waals surface area (Å²) in [5.41, 5.74) is -0.313. The Labute approximate surface area is 265 Å². The zero-order chi connectivity index (χ0) is 34.2. The topological polar surface area (TPSA) is 204 Å². The first kappa shape index (κ1) is 34.5. The fourth-order valence-electron chi connectivity index (χ4n) is 5.17. The third-order valence-electron chi connectivity index (χ3n) is 7.46. The number of carbonyl (C=O) groups is 6. The first-order valence-corrected chi connectivity index (χ1v) is 14.5. The lowest BCUT2D eigenvalue weighted by Crippen LogP contribution is -2.56. The molecular weight excluding hydrogens is 635 g/mol. The van der Waals surface area contributed by atoms with Crippen molar-refractivity contribution < 1.29 is 56.9 Å². The number of hydrogen-bond acceptors (Lipinski definition) is 8. The van der Waals surface area contributed by atoms with Gasteiger partial charge in [-0.2, -0.15) is 5.10 Å². The maximum atomic E-state index is 14.1. The van der Waals surface area contributed by atoms with E-state index in [-0.39, 0.29) is 56.4 Å². The fraction of sp³-hybridized carbons (Fsp3) is 0.464. The van der Waals surface area contributed by atoms with Crippen molar-refractivity contribution in [3.63, 3.8) is 0 Å². The number of rotatable bonds is 12. The monoisotopic (exact) mass is 667 g/mol. The van der Waals surface area contributed by atoms with Crippen molar-refractivity contribution in [2.24, 2.45) is 0 Å². The second kappa shape index (κ2) is 15.3. The molecule has 2 fully saturated rings. The zero-order valence-electron chi connectivity index (χ0n) is 24.8. The van der Waals surface area contributed by atoms with E-state index in [9.17, 15) is 47.0 Å². The van der Waals surface area contributed by atoms with Gasteiger partial charge < -0.3 is 40.3 Å². The van der Waals surface area contributed by atoms with E-state index >= 15 is 0 Å². The van der Waals surface area contributed by atoms with Gasteiger partial charge in [0, 0.05) is 38.8 Å². The summed E-state index contributed by atoms with van der Waals surface area (Å²) in [6.45, 7) is -1.45. The highest BCUT2D eigenvalue weighted by Crippen LogP contribution is 2.23. The molecule has 5 amide bonds. The molecule has 2 saturated heterocycles. The van der Waals surface area contributed by atoms with Crippen LogP contribution < -0.4 is 15.4 Å². The molecular formula is C28H32F3N7O9. The maximum absolute atomic E-state index is 14.1. The SMILES string of the molecule is O=C(O)CC(NC(=O)c1cc(OCC(=O)N2CCCC2C(=O)NCC(F)F)n(-c2cccc(F)c2)n1)C(=O)N1CCN(C(=O)O)CC1. The van der Waals surface area contributed by atoms with Crippen LogP contribution in [0.15, 0.2) is 30.3 Å². The van der Waals surface area contributed by atoms with Crippen LogP contribution in [0.2, 0.25) is 0 Å². The summed E-state index contributed by atoms with van der Waals surface area (Å²) >= 11 is 0. The molecule has 16 nitrogen and oxygen atoms in total. The molecule has 47 heavy (non-hydrogen) atoms. The first-order valence-electron chi connectivity index (χ1n) is 14.5. The van der Waals surface area contributed by atoms with Gasteiger partial charge >= 0.3 is 12.1 Å². The lowest BCUT2D eigenvalue weighted by atomic mass is 10.1. The van der Waals surface area contributed by atoms with E-state index in [2.05, 4.69) is 15.7 Å². The van der Waals surface area contributed by atoms with Crippen molar-refractivity contribution in [2.75, 3.05) is 45.9 Å². The van der Waals surface area contributed by atoms with Gasteiger partial charge in [0.1, 0.15) is 17.9 Å². The quantitative estimate of drug-likeness (QED) is 0.241. The predicted octanol–water partition coefficient (Wildman–Crippen LogP) is 0.158. The lowest BCUT2D eigenvalue weighted by molar-refractivity contribution is -0.143. The van der Waals surface area contributed by atoms with Crippen molar-refractivity contribution in [3.05, 3.63) is 41.8 Å². The number of ether oxygens (including phenoxy) is 1. The van der Waals surface area contributed by atoms with Crippen LogP contribution in [0.1, 0.15) is 29.8 Å². The average molecular weight is 668 g/mol. The summed E-state index contributed by atoms with van der Waals surface area (Å²) in [5.74, 6) is -5.47. The van der Waals surface area contributed by atoms with Crippen LogP contribution in [0.3, 0.4) is 0 Å². The molecule has 2 aliphatic rings. The van der Waals surface area contributed by atoms with Crippen LogP contribution >= 0.6 is 0 Å². The van der Waals surface area contributed by atoms with E-state index in [1.165, 1.54) is 21.9 Å². The minimum atomic E-state index is -2.77. The summed E-state index contributed by atoms with van der Waals surface area (Å²) in [6, 6.07) is 3.51. The molecule has 4 rings (SSSR count). The Balaban J connectivity index is 1.51. The van der Waals surface area contributed by atoms with Gasteiger partial charge in [0.05, 0.1) is 18.7 Å². The molecule has 0 radical (unpaired) electrons. The van der Waals surface area contributed by atoms with E-state index in [0.717, 1.165) is 27.8 Å². The third-order valence-corrected chi connectivity index (χ3v) is 7.46. The van der Waals surface area contributed by atoms with Crippen LogP contribution in [0, 0.1) is 5.82 Å². The number of amides is 5. The highest BCUT2D eigenvalue weighted by molar-refractivity contribution is 5.97. The Morgan fingerprint density at radius 3 is 2.34 bits per heavy atom. The molecule has 0 spiro atoms. The number of aliphatic carboxylic acids is 1. The van der Waals surface area contributed by atoms with Gasteiger partial charge in [-0.1, -0.05) is 6.07 Å². The molecule has 19 heteroatoms. The summed E-state index contributed by atoms with van der Waals surface area (Å²) in [7, 11) is 0. The number of likely N-dealkylation sites (tertiary alicyclic amines) is 1. The molecule has 2 aromatic rings. The average Bonchev–Trinajstić information content (AvgIpc) is 3.70. The highest BCUT2D eigenvalue weighted by Gasteiger charge is 2.35. The van der Waals surface area contributed by atoms with E-state index in [4.69, 9.17) is 9.84 Å². The van der Waals surface area contributed by atoms with Gasteiger partial charge in [-0.15, -0.1) is 0 Å². The van der Waals surface area contributed by atoms with Gasteiger partial charge in [0.25, 0.3) is 18.2 Å². The van der Waals surface area contributed by atoms with Gasteiger partial charge in [-0.3, -0.25) is 24.0 Å². The van der Waals surface area contributed by atoms with Gasteiger partial charge in [-0.05, 0) is 31.0 Å². The summed E-state index contributed by atoms with van der Waals surface area (Å²) in [6.07, 6.45) is -4.05. The molecule has 0 aliphatic carbocycles. The van der Waals surface area contributed by atoms with Crippen molar-refractivity contribution in [1.29, 1.82) is 0 Å². The number of alkyl halides is 2. The molecule has 3 heterocycles. The van der Waals surface area contributed by atoms with Crippen molar-refractivity contribution in [1.82, 2.24) is 35.1 Å². The summed E-state index contributed by atoms with van der Waals surface area (Å²) in [5, 5.41) is 27.1. The first-order chi connectivity index (χ1) is 22.3. The van der Waals surface area contributed by atoms with E-state index in [1.54, 1.807) is 0 Å². The van der Waals surface area contributed by atoms with Crippen molar-refractivity contribution >= 4 is 35.7 Å². The van der Waals surface area contributed by atoms with Gasteiger partial charge in [-0.25, -0.2) is 22.6 Å². The normalized spacial score (nSPS) is 16.9. The minimum Gasteiger partial charge on any atom is -0.481 e. The Hall–Kier alpha value is -5.36. The number of hydrogen-bond donors (Lipinski definition) is 4. The number of halogens is 3. The predicted molar refractivity (Wildman–Crippen MR) is 152 cm³/mol. The van der Waals surface area contributed by atoms with E-state index in [1.807, 2.05) is 0 Å². The number of aromatic nitrogens is 2. The summed E-state index contributed by atoms with van der Waals surface area (Å²) in [4.78, 5) is 78.0.